The molecule has 0 radical (unpaired) electrons. The van der Waals surface area contributed by atoms with Crippen molar-refractivity contribution in [2.24, 2.45) is 0 Å². The molecule has 1 amide bonds. The van der Waals surface area contributed by atoms with E-state index in [-0.39, 0.29) is 11.9 Å². The molecule has 2 heterocycles. The molecule has 1 aliphatic heterocycles. The number of hydrogen-bond acceptors (Lipinski definition) is 3. The summed E-state index contributed by atoms with van der Waals surface area (Å²) in [5, 5.41) is 3.67. The van der Waals surface area contributed by atoms with Gasteiger partial charge in [-0.05, 0) is 43.4 Å². The van der Waals surface area contributed by atoms with Gasteiger partial charge < -0.3 is 10.2 Å². The second kappa shape index (κ2) is 8.26. The number of piperidine rings is 1. The maximum Gasteiger partial charge on any atom is 0.219 e. The molecule has 2 aromatic rings. The van der Waals surface area contributed by atoms with Crippen molar-refractivity contribution < 1.29 is 4.79 Å². The van der Waals surface area contributed by atoms with E-state index in [1.807, 2.05) is 17.2 Å². The highest BCUT2D eigenvalue weighted by Crippen LogP contribution is 2.22. The number of benzene rings is 1. The zero-order valence-electron chi connectivity index (χ0n) is 15.1. The molecule has 0 aliphatic carbocycles. The minimum Gasteiger partial charge on any atom is -0.338 e. The van der Waals surface area contributed by atoms with E-state index in [1.54, 1.807) is 13.1 Å². The maximum atomic E-state index is 12.2. The third-order valence-corrected chi connectivity index (χ3v) is 5.04. The topological polar surface area (TPSA) is 45.2 Å². The van der Waals surface area contributed by atoms with Crippen molar-refractivity contribution in [2.45, 2.75) is 51.7 Å². The van der Waals surface area contributed by atoms with Gasteiger partial charge in [0.1, 0.15) is 0 Å². The Labute approximate surface area is 150 Å². The van der Waals surface area contributed by atoms with Gasteiger partial charge in [0.25, 0.3) is 0 Å². The molecule has 0 saturated carbocycles. The largest absolute Gasteiger partial charge is 0.338 e. The zero-order valence-corrected chi connectivity index (χ0v) is 15.1. The van der Waals surface area contributed by atoms with E-state index in [0.29, 0.717) is 6.04 Å². The molecule has 0 unspecified atom stereocenters. The lowest BCUT2D eigenvalue weighted by molar-refractivity contribution is -0.133. The van der Waals surface area contributed by atoms with Crippen LogP contribution in [0.1, 0.15) is 36.5 Å². The van der Waals surface area contributed by atoms with E-state index in [2.05, 4.69) is 47.6 Å². The number of pyridine rings is 1. The van der Waals surface area contributed by atoms with Crippen LogP contribution < -0.4 is 5.32 Å². The Morgan fingerprint density at radius 1 is 1.24 bits per heavy atom. The van der Waals surface area contributed by atoms with Crippen molar-refractivity contribution in [1.82, 2.24) is 15.2 Å². The van der Waals surface area contributed by atoms with Crippen LogP contribution in [0.4, 0.5) is 0 Å². The molecule has 1 aromatic heterocycles. The normalized spacial score (nSPS) is 20.5. The number of carbonyl (C=O) groups is 1. The summed E-state index contributed by atoms with van der Waals surface area (Å²) in [6.07, 6.45) is 6.73. The van der Waals surface area contributed by atoms with E-state index in [0.717, 1.165) is 32.4 Å². The summed E-state index contributed by atoms with van der Waals surface area (Å²) in [5.41, 5.74) is 3.73. The van der Waals surface area contributed by atoms with E-state index in [1.165, 1.54) is 16.7 Å². The monoisotopic (exact) mass is 337 g/mol. The van der Waals surface area contributed by atoms with Gasteiger partial charge in [0.05, 0.1) is 6.04 Å². The van der Waals surface area contributed by atoms with E-state index in [9.17, 15) is 4.79 Å². The Balaban J connectivity index is 1.73. The van der Waals surface area contributed by atoms with Gasteiger partial charge in [-0.3, -0.25) is 9.78 Å². The van der Waals surface area contributed by atoms with E-state index in [4.69, 9.17) is 0 Å². The average Bonchev–Trinajstić information content (AvgIpc) is 2.63. The number of likely N-dealkylation sites (tertiary alicyclic amines) is 1. The van der Waals surface area contributed by atoms with Crippen LogP contribution in [0.2, 0.25) is 0 Å². The number of carbonyl (C=O) groups excluding carboxylic acids is 1. The van der Waals surface area contributed by atoms with Crippen molar-refractivity contribution in [3.05, 3.63) is 65.5 Å². The Kier molecular flexibility index (Phi) is 5.82. The molecular formula is C21H27N3O. The summed E-state index contributed by atoms with van der Waals surface area (Å²) in [6, 6.07) is 13.2. The first kappa shape index (κ1) is 17.6. The summed E-state index contributed by atoms with van der Waals surface area (Å²) >= 11 is 0. The molecule has 1 aromatic carbocycles. The summed E-state index contributed by atoms with van der Waals surface area (Å²) < 4.78 is 0. The Hall–Kier alpha value is -2.20. The molecule has 3 rings (SSSR count). The fourth-order valence-corrected chi connectivity index (χ4v) is 3.66. The van der Waals surface area contributed by atoms with Crippen LogP contribution in [0.15, 0.2) is 48.8 Å². The second-order valence-corrected chi connectivity index (χ2v) is 6.96. The molecule has 25 heavy (non-hydrogen) atoms. The molecule has 132 valence electrons. The average molecular weight is 337 g/mol. The van der Waals surface area contributed by atoms with Crippen LogP contribution in [0.5, 0.6) is 0 Å². The molecular weight excluding hydrogens is 310 g/mol. The predicted molar refractivity (Wildman–Crippen MR) is 100 cm³/mol. The lowest BCUT2D eigenvalue weighted by Crippen LogP contribution is -2.56. The fraction of sp³-hybridized carbons (Fsp3) is 0.429. The minimum atomic E-state index is 0.171. The highest BCUT2D eigenvalue weighted by atomic mass is 16.2. The number of aromatic nitrogens is 1. The molecule has 1 fully saturated rings. The van der Waals surface area contributed by atoms with Crippen molar-refractivity contribution >= 4 is 5.91 Å². The van der Waals surface area contributed by atoms with Crippen molar-refractivity contribution in [3.8, 4) is 0 Å². The molecule has 1 N–H and O–H groups in total. The predicted octanol–water partition coefficient (Wildman–Crippen LogP) is 3.10. The van der Waals surface area contributed by atoms with Crippen LogP contribution in [0, 0.1) is 6.92 Å². The molecule has 0 spiro atoms. The third kappa shape index (κ3) is 4.67. The summed E-state index contributed by atoms with van der Waals surface area (Å²) in [5.74, 6) is 0.171. The van der Waals surface area contributed by atoms with Gasteiger partial charge in [-0.25, -0.2) is 0 Å². The van der Waals surface area contributed by atoms with Crippen LogP contribution in [0.25, 0.3) is 0 Å². The highest BCUT2D eigenvalue weighted by molar-refractivity contribution is 5.73. The van der Waals surface area contributed by atoms with E-state index < -0.39 is 0 Å². The van der Waals surface area contributed by atoms with Crippen LogP contribution >= 0.6 is 0 Å². The van der Waals surface area contributed by atoms with Gasteiger partial charge in [-0.1, -0.05) is 35.9 Å². The number of amides is 1. The summed E-state index contributed by atoms with van der Waals surface area (Å²) in [7, 11) is 0. The second-order valence-electron chi connectivity index (χ2n) is 6.96. The first-order chi connectivity index (χ1) is 12.1. The molecule has 4 nitrogen and oxygen atoms in total. The standard InChI is InChI=1S/C21H27N3O/c1-16-7-9-18(10-8-16)13-21-20(6-4-12-24(21)17(2)25)23-15-19-5-3-11-22-14-19/h3,5,7-11,14,20-21,23H,4,6,12-13,15H2,1-2H3/t20-,21-/m0/s1. The van der Waals surface area contributed by atoms with E-state index >= 15 is 0 Å². The van der Waals surface area contributed by atoms with Gasteiger partial charge in [-0.15, -0.1) is 0 Å². The number of nitrogens with one attached hydrogen (secondary N) is 1. The van der Waals surface area contributed by atoms with Gasteiger partial charge in [-0.2, -0.15) is 0 Å². The maximum absolute atomic E-state index is 12.2. The number of hydrogen-bond donors (Lipinski definition) is 1. The Morgan fingerprint density at radius 2 is 2.04 bits per heavy atom. The molecule has 1 saturated heterocycles. The minimum absolute atomic E-state index is 0.171. The molecule has 4 heteroatoms. The molecule has 2 atom stereocenters. The lowest BCUT2D eigenvalue weighted by Gasteiger charge is -2.41. The lowest BCUT2D eigenvalue weighted by atomic mass is 9.90. The van der Waals surface area contributed by atoms with Gasteiger partial charge in [0.2, 0.25) is 5.91 Å². The first-order valence-corrected chi connectivity index (χ1v) is 9.08. The highest BCUT2D eigenvalue weighted by Gasteiger charge is 2.32. The first-order valence-electron chi connectivity index (χ1n) is 9.08. The van der Waals surface area contributed by atoms with Gasteiger partial charge >= 0.3 is 0 Å². The number of aryl methyl sites for hydroxylation is 1. The zero-order chi connectivity index (χ0) is 17.6. The molecule has 0 bridgehead atoms. The van der Waals surface area contributed by atoms with Crippen molar-refractivity contribution in [3.63, 3.8) is 0 Å². The smallest absolute Gasteiger partial charge is 0.219 e. The van der Waals surface area contributed by atoms with Crippen molar-refractivity contribution in [2.75, 3.05) is 6.54 Å². The van der Waals surface area contributed by atoms with Crippen LogP contribution in [-0.4, -0.2) is 34.4 Å². The Bertz CT molecular complexity index is 684. The fourth-order valence-electron chi connectivity index (χ4n) is 3.66. The molecule has 1 aliphatic rings. The quantitative estimate of drug-likeness (QED) is 0.912. The SMILES string of the molecule is CC(=O)N1CCC[C@H](NCc2cccnc2)[C@@H]1Cc1ccc(C)cc1. The number of rotatable bonds is 5. The summed E-state index contributed by atoms with van der Waals surface area (Å²) in [6.45, 7) is 5.43. The van der Waals surface area contributed by atoms with Crippen molar-refractivity contribution in [1.29, 1.82) is 0 Å². The van der Waals surface area contributed by atoms with Crippen LogP contribution in [0.3, 0.4) is 0 Å². The van der Waals surface area contributed by atoms with Crippen LogP contribution in [-0.2, 0) is 17.8 Å². The summed E-state index contributed by atoms with van der Waals surface area (Å²) in [4.78, 5) is 18.4. The van der Waals surface area contributed by atoms with Gasteiger partial charge in [0, 0.05) is 38.4 Å². The third-order valence-electron chi connectivity index (χ3n) is 5.04. The Morgan fingerprint density at radius 3 is 2.72 bits per heavy atom. The van der Waals surface area contributed by atoms with Gasteiger partial charge in [0.15, 0.2) is 0 Å². The number of nitrogens with zero attached hydrogens (tertiary/aromatic N) is 2.